The lowest BCUT2D eigenvalue weighted by Crippen LogP contribution is -2.48. The molecule has 0 bridgehead atoms. The third kappa shape index (κ3) is 4.94. The molecule has 0 spiro atoms. The third-order valence-electron chi connectivity index (χ3n) is 6.15. The molecule has 3 heterocycles. The largest absolute Gasteiger partial charge is 0.416 e. The fourth-order valence-electron chi connectivity index (χ4n) is 4.30. The smallest absolute Gasteiger partial charge is 0.336 e. The molecule has 1 fully saturated rings. The second-order valence-corrected chi connectivity index (χ2v) is 10.2. The van der Waals surface area contributed by atoms with Crippen LogP contribution in [0.2, 0.25) is 5.02 Å². The van der Waals surface area contributed by atoms with Gasteiger partial charge < -0.3 is 4.90 Å². The Morgan fingerprint density at radius 1 is 1.03 bits per heavy atom. The van der Waals surface area contributed by atoms with E-state index in [1.54, 1.807) is 16.2 Å². The van der Waals surface area contributed by atoms with E-state index in [1.165, 1.54) is 17.0 Å². The second-order valence-electron chi connectivity index (χ2n) is 8.55. The van der Waals surface area contributed by atoms with E-state index in [0.29, 0.717) is 37.7 Å². The molecule has 0 aliphatic carbocycles. The first-order valence-electron chi connectivity index (χ1n) is 11.1. The Bertz CT molecular complexity index is 1350. The molecular formula is C25H22ClF3N4OS. The van der Waals surface area contributed by atoms with Crippen molar-refractivity contribution < 1.29 is 18.0 Å². The van der Waals surface area contributed by atoms with E-state index in [4.69, 9.17) is 16.6 Å². The Morgan fingerprint density at radius 2 is 1.69 bits per heavy atom. The third-order valence-corrected chi connectivity index (χ3v) is 7.30. The Balaban J connectivity index is 1.30. The topological polar surface area (TPSA) is 40.9 Å². The minimum Gasteiger partial charge on any atom is -0.336 e. The maximum Gasteiger partial charge on any atom is 0.416 e. The first kappa shape index (κ1) is 23.8. The first-order valence-corrected chi connectivity index (χ1v) is 12.3. The molecule has 10 heteroatoms. The van der Waals surface area contributed by atoms with Gasteiger partial charge in [0, 0.05) is 59.9 Å². The van der Waals surface area contributed by atoms with Crippen LogP contribution >= 0.6 is 22.9 Å². The molecule has 0 saturated carbocycles. The number of fused-ring (bicyclic) bond motifs is 1. The summed E-state index contributed by atoms with van der Waals surface area (Å²) in [4.78, 5) is 23.8. The number of hydrogen-bond donors (Lipinski definition) is 0. The number of imidazole rings is 1. The molecule has 182 valence electrons. The van der Waals surface area contributed by atoms with Crippen molar-refractivity contribution >= 4 is 33.8 Å². The lowest BCUT2D eigenvalue weighted by molar-refractivity contribution is -0.137. The van der Waals surface area contributed by atoms with Gasteiger partial charge >= 0.3 is 6.18 Å². The number of aromatic nitrogens is 2. The van der Waals surface area contributed by atoms with Crippen LogP contribution in [0.3, 0.4) is 0 Å². The zero-order chi connectivity index (χ0) is 24.7. The van der Waals surface area contributed by atoms with Gasteiger partial charge in [0.2, 0.25) is 0 Å². The van der Waals surface area contributed by atoms with E-state index in [0.717, 1.165) is 34.0 Å². The Hall–Kier alpha value is -2.88. The van der Waals surface area contributed by atoms with Crippen molar-refractivity contribution in [3.8, 4) is 11.3 Å². The molecule has 0 atom stereocenters. The van der Waals surface area contributed by atoms with Gasteiger partial charge in [-0.2, -0.15) is 13.2 Å². The predicted octanol–water partition coefficient (Wildman–Crippen LogP) is 6.00. The molecule has 0 N–H and O–H groups in total. The summed E-state index contributed by atoms with van der Waals surface area (Å²) < 4.78 is 40.6. The first-order chi connectivity index (χ1) is 16.7. The maximum absolute atomic E-state index is 12.8. The highest BCUT2D eigenvalue weighted by molar-refractivity contribution is 7.17. The van der Waals surface area contributed by atoms with Crippen molar-refractivity contribution in [1.82, 2.24) is 19.2 Å². The van der Waals surface area contributed by atoms with Crippen molar-refractivity contribution in [2.75, 3.05) is 26.2 Å². The van der Waals surface area contributed by atoms with Crippen molar-refractivity contribution in [2.45, 2.75) is 19.6 Å². The lowest BCUT2D eigenvalue weighted by Gasteiger charge is -2.34. The van der Waals surface area contributed by atoms with Gasteiger partial charge in [-0.1, -0.05) is 23.7 Å². The molecule has 35 heavy (non-hydrogen) atoms. The van der Waals surface area contributed by atoms with Gasteiger partial charge in [0.15, 0.2) is 4.96 Å². The monoisotopic (exact) mass is 518 g/mol. The number of nitrogens with zero attached hydrogens (tertiary/aromatic N) is 4. The number of alkyl halides is 3. The molecule has 1 aliphatic rings. The van der Waals surface area contributed by atoms with E-state index >= 15 is 0 Å². The van der Waals surface area contributed by atoms with Crippen molar-refractivity contribution in [1.29, 1.82) is 0 Å². The molecule has 4 aromatic rings. The average molecular weight is 519 g/mol. The van der Waals surface area contributed by atoms with Crippen molar-refractivity contribution in [3.63, 3.8) is 0 Å². The standard InChI is InChI=1S/C25H22ClF3N4OS/c1-16-14-33-21(22(30-24(33)35-16)17-4-8-20(26)9-5-17)15-31-10-12-32(13-11-31)23(34)18-2-6-19(7-3-18)25(27,28)29/h2-9,14H,10-13,15H2,1H3. The summed E-state index contributed by atoms with van der Waals surface area (Å²) in [6.45, 7) is 5.03. The van der Waals surface area contributed by atoms with Crippen LogP contribution in [0, 0.1) is 6.92 Å². The van der Waals surface area contributed by atoms with E-state index < -0.39 is 11.7 Å². The Morgan fingerprint density at radius 3 is 2.31 bits per heavy atom. The number of carbonyl (C=O) groups is 1. The van der Waals surface area contributed by atoms with Gasteiger partial charge in [-0.15, -0.1) is 11.3 Å². The maximum atomic E-state index is 12.8. The van der Waals surface area contributed by atoms with Gasteiger partial charge in [0.1, 0.15) is 0 Å². The van der Waals surface area contributed by atoms with E-state index in [9.17, 15) is 18.0 Å². The summed E-state index contributed by atoms with van der Waals surface area (Å²) in [5.74, 6) is -0.250. The molecule has 2 aromatic heterocycles. The summed E-state index contributed by atoms with van der Waals surface area (Å²) in [6.07, 6.45) is -2.33. The van der Waals surface area contributed by atoms with Crippen LogP contribution in [-0.2, 0) is 12.7 Å². The number of halogens is 4. The quantitative estimate of drug-likeness (QED) is 0.332. The highest BCUT2D eigenvalue weighted by atomic mass is 35.5. The number of amides is 1. The second kappa shape index (κ2) is 9.29. The van der Waals surface area contributed by atoms with E-state index in [2.05, 4.69) is 22.4 Å². The minimum atomic E-state index is -4.42. The SMILES string of the molecule is Cc1cn2c(CN3CCN(C(=O)c4ccc(C(F)(F)F)cc4)CC3)c(-c3ccc(Cl)cc3)nc2s1. The number of piperazine rings is 1. The van der Waals surface area contributed by atoms with Gasteiger partial charge in [-0.05, 0) is 43.3 Å². The molecular weight excluding hydrogens is 497 g/mol. The summed E-state index contributed by atoms with van der Waals surface area (Å²) in [5.41, 5.74) is 2.49. The minimum absolute atomic E-state index is 0.250. The van der Waals surface area contributed by atoms with E-state index in [1.807, 2.05) is 24.3 Å². The average Bonchev–Trinajstić information content (AvgIpc) is 3.36. The number of rotatable bonds is 4. The van der Waals surface area contributed by atoms with Crippen LogP contribution in [0.25, 0.3) is 16.2 Å². The van der Waals surface area contributed by atoms with Crippen LogP contribution in [0.5, 0.6) is 0 Å². The van der Waals surface area contributed by atoms with Gasteiger partial charge in [0.05, 0.1) is 17.0 Å². The summed E-state index contributed by atoms with van der Waals surface area (Å²) in [6, 6.07) is 12.0. The highest BCUT2D eigenvalue weighted by Crippen LogP contribution is 2.31. The van der Waals surface area contributed by atoms with Crippen molar-refractivity contribution in [3.05, 3.63) is 81.4 Å². The van der Waals surface area contributed by atoms with E-state index in [-0.39, 0.29) is 11.5 Å². The molecule has 0 unspecified atom stereocenters. The fourth-order valence-corrected chi connectivity index (χ4v) is 5.27. The summed E-state index contributed by atoms with van der Waals surface area (Å²) >= 11 is 7.71. The number of benzene rings is 2. The lowest BCUT2D eigenvalue weighted by atomic mass is 10.1. The molecule has 1 aliphatic heterocycles. The van der Waals surface area contributed by atoms with Crippen LogP contribution in [-0.4, -0.2) is 51.3 Å². The van der Waals surface area contributed by atoms with Crippen LogP contribution in [0.1, 0.15) is 26.5 Å². The normalized spacial score (nSPS) is 15.2. The Labute approximate surface area is 209 Å². The van der Waals surface area contributed by atoms with Crippen LogP contribution in [0.4, 0.5) is 13.2 Å². The molecule has 2 aromatic carbocycles. The zero-order valence-electron chi connectivity index (χ0n) is 18.8. The molecule has 5 rings (SSSR count). The Kier molecular flexibility index (Phi) is 6.33. The van der Waals surface area contributed by atoms with Gasteiger partial charge in [0.25, 0.3) is 5.91 Å². The zero-order valence-corrected chi connectivity index (χ0v) is 20.4. The fraction of sp³-hybridized carbons (Fsp3) is 0.280. The number of aryl methyl sites for hydroxylation is 1. The highest BCUT2D eigenvalue weighted by Gasteiger charge is 2.31. The van der Waals surface area contributed by atoms with Crippen molar-refractivity contribution in [2.24, 2.45) is 0 Å². The molecule has 5 nitrogen and oxygen atoms in total. The summed E-state index contributed by atoms with van der Waals surface area (Å²) in [5, 5.41) is 0.668. The molecule has 1 saturated heterocycles. The summed E-state index contributed by atoms with van der Waals surface area (Å²) in [7, 11) is 0. The van der Waals surface area contributed by atoms with Gasteiger partial charge in [-0.25, -0.2) is 4.98 Å². The predicted molar refractivity (Wildman–Crippen MR) is 131 cm³/mol. The number of thiazole rings is 1. The van der Waals surface area contributed by atoms with Crippen LogP contribution < -0.4 is 0 Å². The molecule has 0 radical (unpaired) electrons. The number of carbonyl (C=O) groups excluding carboxylic acids is 1. The van der Waals surface area contributed by atoms with Gasteiger partial charge in [-0.3, -0.25) is 14.1 Å². The van der Waals surface area contributed by atoms with Crippen LogP contribution in [0.15, 0.2) is 54.7 Å². The number of hydrogen-bond acceptors (Lipinski definition) is 4. The molecule has 1 amide bonds.